The van der Waals surface area contributed by atoms with E-state index in [0.29, 0.717) is 30.2 Å². The summed E-state index contributed by atoms with van der Waals surface area (Å²) in [4.78, 5) is 26.8. The number of carbonyl (C=O) groups excluding carboxylic acids is 2. The highest BCUT2D eigenvalue weighted by atomic mass is 16.5. The van der Waals surface area contributed by atoms with Crippen molar-refractivity contribution in [2.45, 2.75) is 25.8 Å². The summed E-state index contributed by atoms with van der Waals surface area (Å²) in [5, 5.41) is 0. The number of benzene rings is 2. The van der Waals surface area contributed by atoms with Crippen LogP contribution in [0.5, 0.6) is 17.2 Å². The molecule has 0 bridgehead atoms. The van der Waals surface area contributed by atoms with Gasteiger partial charge in [0.1, 0.15) is 5.75 Å². The molecule has 3 rings (SSSR count). The van der Waals surface area contributed by atoms with Crippen LogP contribution in [-0.4, -0.2) is 51.3 Å². The minimum atomic E-state index is -0.463. The molecule has 2 aromatic rings. The van der Waals surface area contributed by atoms with E-state index in [9.17, 15) is 9.59 Å². The van der Waals surface area contributed by atoms with Gasteiger partial charge in [0.05, 0.1) is 33.8 Å². The molecule has 0 N–H and O–H groups in total. The van der Waals surface area contributed by atoms with Crippen molar-refractivity contribution in [3.05, 3.63) is 53.1 Å². The van der Waals surface area contributed by atoms with Crippen LogP contribution in [0.4, 0.5) is 0 Å². The number of amides is 1. The minimum Gasteiger partial charge on any atom is -0.493 e. The van der Waals surface area contributed by atoms with E-state index >= 15 is 0 Å². The number of nitrogens with zero attached hydrogens (tertiary/aromatic N) is 1. The van der Waals surface area contributed by atoms with E-state index in [0.717, 1.165) is 16.7 Å². The quantitative estimate of drug-likeness (QED) is 0.650. The number of aryl methyl sites for hydroxylation is 1. The van der Waals surface area contributed by atoms with Crippen LogP contribution in [0.15, 0.2) is 36.4 Å². The Morgan fingerprint density at radius 3 is 2.33 bits per heavy atom. The Hall–Kier alpha value is -3.22. The largest absolute Gasteiger partial charge is 0.493 e. The van der Waals surface area contributed by atoms with E-state index in [1.807, 2.05) is 43.3 Å². The third-order valence-electron chi connectivity index (χ3n) is 5.29. The van der Waals surface area contributed by atoms with Crippen LogP contribution in [0.25, 0.3) is 0 Å². The van der Waals surface area contributed by atoms with Crippen LogP contribution in [0, 0.1) is 6.92 Å². The van der Waals surface area contributed by atoms with Gasteiger partial charge in [-0.05, 0) is 48.7 Å². The molecule has 0 saturated heterocycles. The average molecular weight is 413 g/mol. The molecule has 7 nitrogen and oxygen atoms in total. The molecule has 0 spiro atoms. The van der Waals surface area contributed by atoms with Crippen LogP contribution in [0.1, 0.15) is 29.2 Å². The molecule has 7 heteroatoms. The molecule has 1 atom stereocenters. The molecule has 1 aliphatic rings. The smallest absolute Gasteiger partial charge is 0.307 e. The first-order valence-electron chi connectivity index (χ1n) is 9.77. The van der Waals surface area contributed by atoms with Crippen molar-refractivity contribution in [1.82, 2.24) is 4.90 Å². The summed E-state index contributed by atoms with van der Waals surface area (Å²) in [7, 11) is 4.48. The van der Waals surface area contributed by atoms with E-state index in [4.69, 9.17) is 18.9 Å². The highest BCUT2D eigenvalue weighted by Gasteiger charge is 2.34. The second kappa shape index (κ2) is 9.52. The second-order valence-corrected chi connectivity index (χ2v) is 7.14. The topological polar surface area (TPSA) is 74.3 Å². The number of carbonyl (C=O) groups is 2. The first kappa shape index (κ1) is 21.5. The zero-order valence-corrected chi connectivity index (χ0v) is 17.8. The molecule has 1 unspecified atom stereocenters. The predicted octanol–water partition coefficient (Wildman–Crippen LogP) is 3.08. The molecule has 0 radical (unpaired) electrons. The van der Waals surface area contributed by atoms with Gasteiger partial charge < -0.3 is 23.8 Å². The van der Waals surface area contributed by atoms with E-state index in [-0.39, 0.29) is 24.9 Å². The van der Waals surface area contributed by atoms with Crippen LogP contribution in [0.2, 0.25) is 0 Å². The van der Waals surface area contributed by atoms with Crippen molar-refractivity contribution in [1.29, 1.82) is 0 Å². The van der Waals surface area contributed by atoms with Gasteiger partial charge >= 0.3 is 5.97 Å². The summed E-state index contributed by atoms with van der Waals surface area (Å²) < 4.78 is 21.4. The van der Waals surface area contributed by atoms with Crippen molar-refractivity contribution in [3.8, 4) is 17.2 Å². The third-order valence-corrected chi connectivity index (χ3v) is 5.29. The van der Waals surface area contributed by atoms with Gasteiger partial charge in [0.25, 0.3) is 5.91 Å². The number of fused-ring (bicyclic) bond motifs is 1. The van der Waals surface area contributed by atoms with E-state index in [1.54, 1.807) is 19.1 Å². The molecule has 0 aliphatic carbocycles. The molecular weight excluding hydrogens is 386 g/mol. The number of hydrogen-bond acceptors (Lipinski definition) is 6. The molecule has 2 aromatic carbocycles. The van der Waals surface area contributed by atoms with Crippen molar-refractivity contribution in [3.63, 3.8) is 0 Å². The number of rotatable bonds is 7. The molecule has 160 valence electrons. The van der Waals surface area contributed by atoms with Gasteiger partial charge in [-0.25, -0.2) is 0 Å². The summed E-state index contributed by atoms with van der Waals surface area (Å²) in [6, 6.07) is 10.8. The number of ether oxygens (including phenoxy) is 4. The number of methoxy groups -OCH3 is 3. The fourth-order valence-corrected chi connectivity index (χ4v) is 3.65. The number of esters is 1. The summed E-state index contributed by atoms with van der Waals surface area (Å²) in [6.07, 6.45) is 0.693. The van der Waals surface area contributed by atoms with Gasteiger partial charge in [0.15, 0.2) is 18.1 Å². The van der Waals surface area contributed by atoms with Gasteiger partial charge in [0.2, 0.25) is 0 Å². The summed E-state index contributed by atoms with van der Waals surface area (Å²) >= 11 is 0. The van der Waals surface area contributed by atoms with Gasteiger partial charge in [-0.1, -0.05) is 17.7 Å². The highest BCUT2D eigenvalue weighted by Crippen LogP contribution is 2.39. The molecule has 1 aliphatic heterocycles. The fourth-order valence-electron chi connectivity index (χ4n) is 3.65. The first-order chi connectivity index (χ1) is 14.5. The molecule has 1 amide bonds. The molecule has 0 aromatic heterocycles. The lowest BCUT2D eigenvalue weighted by Gasteiger charge is -2.37. The summed E-state index contributed by atoms with van der Waals surface area (Å²) in [5.74, 6) is 1.22. The Kier molecular flexibility index (Phi) is 6.82. The van der Waals surface area contributed by atoms with Crippen molar-refractivity contribution in [2.24, 2.45) is 0 Å². The monoisotopic (exact) mass is 413 g/mol. The molecular formula is C23H27NO6. The predicted molar refractivity (Wildman–Crippen MR) is 111 cm³/mol. The zero-order chi connectivity index (χ0) is 21.7. The SMILES string of the molecule is COC(=O)CC1c2cc(OC)c(OC)cc2CCN1C(=O)COc1ccc(C)cc1. The lowest BCUT2D eigenvalue weighted by Crippen LogP contribution is -2.43. The second-order valence-electron chi connectivity index (χ2n) is 7.14. The third kappa shape index (κ3) is 4.67. The molecule has 0 fully saturated rings. The van der Waals surface area contributed by atoms with Gasteiger partial charge in [-0.15, -0.1) is 0 Å². The molecule has 0 saturated carbocycles. The Morgan fingerprint density at radius 1 is 1.03 bits per heavy atom. The molecule has 30 heavy (non-hydrogen) atoms. The average Bonchev–Trinajstić information content (AvgIpc) is 2.77. The Balaban J connectivity index is 1.85. The van der Waals surface area contributed by atoms with Gasteiger partial charge in [-0.2, -0.15) is 0 Å². The lowest BCUT2D eigenvalue weighted by atomic mass is 9.90. The lowest BCUT2D eigenvalue weighted by molar-refractivity contribution is -0.144. The van der Waals surface area contributed by atoms with Crippen LogP contribution in [-0.2, 0) is 20.7 Å². The van der Waals surface area contributed by atoms with Gasteiger partial charge in [-0.3, -0.25) is 9.59 Å². The normalized spacial score (nSPS) is 15.2. The Morgan fingerprint density at radius 2 is 1.70 bits per heavy atom. The maximum absolute atomic E-state index is 13.0. The summed E-state index contributed by atoms with van der Waals surface area (Å²) in [6.45, 7) is 2.35. The fraction of sp³-hybridized carbons (Fsp3) is 0.391. The zero-order valence-electron chi connectivity index (χ0n) is 17.8. The standard InChI is InChI=1S/C23H27NO6/c1-15-5-7-17(8-6-15)30-14-22(25)24-10-9-16-11-20(27-2)21(28-3)12-18(16)19(24)13-23(26)29-4/h5-8,11-12,19H,9-10,13-14H2,1-4H3. The minimum absolute atomic E-state index is 0.0508. The van der Waals surface area contributed by atoms with E-state index in [2.05, 4.69) is 0 Å². The number of hydrogen-bond donors (Lipinski definition) is 0. The van der Waals surface area contributed by atoms with Crippen LogP contribution >= 0.6 is 0 Å². The van der Waals surface area contributed by atoms with Gasteiger partial charge in [0, 0.05) is 6.54 Å². The summed E-state index contributed by atoms with van der Waals surface area (Å²) in [5.41, 5.74) is 2.99. The van der Waals surface area contributed by atoms with Crippen molar-refractivity contribution >= 4 is 11.9 Å². The Labute approximate surface area is 176 Å². The maximum Gasteiger partial charge on any atom is 0.307 e. The van der Waals surface area contributed by atoms with Crippen molar-refractivity contribution in [2.75, 3.05) is 34.5 Å². The highest BCUT2D eigenvalue weighted by molar-refractivity contribution is 5.80. The Bertz CT molecular complexity index is 909. The molecule has 1 heterocycles. The first-order valence-corrected chi connectivity index (χ1v) is 9.77. The van der Waals surface area contributed by atoms with E-state index < -0.39 is 6.04 Å². The van der Waals surface area contributed by atoms with Crippen LogP contribution < -0.4 is 14.2 Å². The van der Waals surface area contributed by atoms with E-state index in [1.165, 1.54) is 7.11 Å². The van der Waals surface area contributed by atoms with Crippen molar-refractivity contribution < 1.29 is 28.5 Å². The van der Waals surface area contributed by atoms with Crippen LogP contribution in [0.3, 0.4) is 0 Å². The maximum atomic E-state index is 13.0.